The molecular weight excluding hydrogens is 348 g/mol. The summed E-state index contributed by atoms with van der Waals surface area (Å²) in [5, 5.41) is 20.7. The number of hydrogen-bond acceptors (Lipinski definition) is 5. The summed E-state index contributed by atoms with van der Waals surface area (Å²) in [7, 11) is 0. The molecule has 0 bridgehead atoms. The molecule has 0 fully saturated rings. The van der Waals surface area contributed by atoms with Crippen LogP contribution in [0.15, 0.2) is 53.7 Å². The largest absolute Gasteiger partial charge is 0.302 e. The number of nitrogens with zero attached hydrogens (tertiary/aromatic N) is 4. The lowest BCUT2D eigenvalue weighted by Gasteiger charge is -2.09. The van der Waals surface area contributed by atoms with Crippen LogP contribution in [0.1, 0.15) is 24.5 Å². The standard InChI is InChI=1S/C19H20N4O2S/c1-3-11-22-18(15-9-6-7-14(2)12-15)20-21-19(22)26-13-16-8-4-5-10-17(16)23(24)25/h4-10,12H,3,11,13H2,1-2H3. The maximum Gasteiger partial charge on any atom is 0.273 e. The monoisotopic (exact) mass is 368 g/mol. The van der Waals surface area contributed by atoms with Crippen molar-refractivity contribution >= 4 is 17.4 Å². The molecule has 0 amide bonds. The summed E-state index contributed by atoms with van der Waals surface area (Å²) in [5.41, 5.74) is 3.03. The first-order chi connectivity index (χ1) is 12.6. The van der Waals surface area contributed by atoms with Gasteiger partial charge in [0.1, 0.15) is 0 Å². The van der Waals surface area contributed by atoms with Crippen LogP contribution >= 0.6 is 11.8 Å². The summed E-state index contributed by atoms with van der Waals surface area (Å²) in [4.78, 5) is 10.8. The van der Waals surface area contributed by atoms with Gasteiger partial charge in [-0.2, -0.15) is 0 Å². The van der Waals surface area contributed by atoms with Gasteiger partial charge in [0, 0.05) is 29.5 Å². The van der Waals surface area contributed by atoms with Crippen molar-refractivity contribution in [2.75, 3.05) is 0 Å². The smallest absolute Gasteiger partial charge is 0.273 e. The van der Waals surface area contributed by atoms with E-state index in [0.717, 1.165) is 29.5 Å². The minimum Gasteiger partial charge on any atom is -0.302 e. The summed E-state index contributed by atoms with van der Waals surface area (Å²) in [6, 6.07) is 15.0. The number of rotatable bonds is 7. The molecule has 0 radical (unpaired) electrons. The molecule has 7 heteroatoms. The molecule has 1 aromatic heterocycles. The highest BCUT2D eigenvalue weighted by Crippen LogP contribution is 2.29. The summed E-state index contributed by atoms with van der Waals surface area (Å²) in [6.07, 6.45) is 0.954. The number of aromatic nitrogens is 3. The average molecular weight is 368 g/mol. The molecule has 6 nitrogen and oxygen atoms in total. The molecule has 0 aliphatic heterocycles. The predicted octanol–water partition coefficient (Wildman–Crippen LogP) is 4.86. The zero-order valence-electron chi connectivity index (χ0n) is 14.8. The van der Waals surface area contributed by atoms with Crippen LogP contribution in [-0.4, -0.2) is 19.7 Å². The van der Waals surface area contributed by atoms with E-state index < -0.39 is 0 Å². The lowest BCUT2D eigenvalue weighted by Crippen LogP contribution is -2.02. The first-order valence-electron chi connectivity index (χ1n) is 8.45. The zero-order chi connectivity index (χ0) is 18.5. The molecule has 0 saturated carbocycles. The minimum absolute atomic E-state index is 0.139. The second-order valence-corrected chi connectivity index (χ2v) is 6.94. The van der Waals surface area contributed by atoms with Crippen LogP contribution in [0, 0.1) is 17.0 Å². The van der Waals surface area contributed by atoms with Crippen LogP contribution in [0.4, 0.5) is 5.69 Å². The quantitative estimate of drug-likeness (QED) is 0.338. The summed E-state index contributed by atoms with van der Waals surface area (Å²) < 4.78 is 2.09. The highest BCUT2D eigenvalue weighted by molar-refractivity contribution is 7.98. The fraction of sp³-hybridized carbons (Fsp3) is 0.263. The molecule has 0 atom stereocenters. The van der Waals surface area contributed by atoms with Crippen LogP contribution in [-0.2, 0) is 12.3 Å². The van der Waals surface area contributed by atoms with Gasteiger partial charge >= 0.3 is 0 Å². The number of aryl methyl sites for hydroxylation is 1. The molecule has 134 valence electrons. The third-order valence-electron chi connectivity index (χ3n) is 3.99. The Morgan fingerprint density at radius 3 is 2.69 bits per heavy atom. The Morgan fingerprint density at radius 2 is 1.96 bits per heavy atom. The normalized spacial score (nSPS) is 10.8. The zero-order valence-corrected chi connectivity index (χ0v) is 15.6. The molecule has 3 aromatic rings. The molecule has 26 heavy (non-hydrogen) atoms. The molecule has 0 aliphatic rings. The number of nitro benzene ring substituents is 1. The highest BCUT2D eigenvalue weighted by atomic mass is 32.2. The first kappa shape index (κ1) is 18.1. The average Bonchev–Trinajstić information content (AvgIpc) is 3.03. The van der Waals surface area contributed by atoms with Crippen LogP contribution in [0.25, 0.3) is 11.4 Å². The Hall–Kier alpha value is -2.67. The van der Waals surface area contributed by atoms with Crippen molar-refractivity contribution in [3.8, 4) is 11.4 Å². The van der Waals surface area contributed by atoms with E-state index in [1.54, 1.807) is 12.1 Å². The van der Waals surface area contributed by atoms with E-state index in [2.05, 4.69) is 27.8 Å². The van der Waals surface area contributed by atoms with Gasteiger partial charge in [0.05, 0.1) is 4.92 Å². The van der Waals surface area contributed by atoms with E-state index >= 15 is 0 Å². The van der Waals surface area contributed by atoms with E-state index in [4.69, 9.17) is 0 Å². The molecule has 0 N–H and O–H groups in total. The Kier molecular flexibility index (Phi) is 5.68. The molecular formula is C19H20N4O2S. The van der Waals surface area contributed by atoms with Crippen LogP contribution in [0.3, 0.4) is 0 Å². The number of thioether (sulfide) groups is 1. The van der Waals surface area contributed by atoms with E-state index in [-0.39, 0.29) is 10.6 Å². The van der Waals surface area contributed by atoms with Crippen molar-refractivity contribution in [3.05, 3.63) is 69.8 Å². The molecule has 0 aliphatic carbocycles. The second-order valence-electron chi connectivity index (χ2n) is 6.00. The van der Waals surface area contributed by atoms with Gasteiger partial charge in [-0.3, -0.25) is 10.1 Å². The van der Waals surface area contributed by atoms with Gasteiger partial charge in [0.25, 0.3) is 5.69 Å². The van der Waals surface area contributed by atoms with Crippen molar-refractivity contribution in [2.24, 2.45) is 0 Å². The lowest BCUT2D eigenvalue weighted by atomic mass is 10.1. The van der Waals surface area contributed by atoms with Gasteiger partial charge in [-0.1, -0.05) is 60.6 Å². The molecule has 0 unspecified atom stereocenters. The number of hydrogen-bond donors (Lipinski definition) is 0. The fourth-order valence-corrected chi connectivity index (χ4v) is 3.73. The SMILES string of the molecule is CCCn1c(SCc2ccccc2[N+](=O)[O-])nnc1-c1cccc(C)c1. The van der Waals surface area contributed by atoms with Crippen molar-refractivity contribution in [1.82, 2.24) is 14.8 Å². The summed E-state index contributed by atoms with van der Waals surface area (Å²) in [5.74, 6) is 1.31. The third kappa shape index (κ3) is 3.94. The molecule has 1 heterocycles. The minimum atomic E-state index is -0.342. The second kappa shape index (κ2) is 8.14. The molecule has 2 aromatic carbocycles. The Morgan fingerprint density at radius 1 is 1.15 bits per heavy atom. The van der Waals surface area contributed by atoms with E-state index in [0.29, 0.717) is 11.3 Å². The van der Waals surface area contributed by atoms with Crippen LogP contribution in [0.5, 0.6) is 0 Å². The lowest BCUT2D eigenvalue weighted by molar-refractivity contribution is -0.385. The van der Waals surface area contributed by atoms with Gasteiger partial charge in [-0.15, -0.1) is 10.2 Å². The Labute approximate surface area is 156 Å². The number of benzene rings is 2. The third-order valence-corrected chi connectivity index (χ3v) is 5.00. The predicted molar refractivity (Wildman–Crippen MR) is 103 cm³/mol. The topological polar surface area (TPSA) is 73.8 Å². The maximum atomic E-state index is 11.2. The van der Waals surface area contributed by atoms with Gasteiger partial charge in [-0.25, -0.2) is 0 Å². The molecule has 0 saturated heterocycles. The van der Waals surface area contributed by atoms with E-state index in [1.807, 2.05) is 31.2 Å². The van der Waals surface area contributed by atoms with Gasteiger partial charge < -0.3 is 4.57 Å². The van der Waals surface area contributed by atoms with Gasteiger partial charge in [0.2, 0.25) is 0 Å². The van der Waals surface area contributed by atoms with E-state index in [9.17, 15) is 10.1 Å². The van der Waals surface area contributed by atoms with Crippen molar-refractivity contribution in [1.29, 1.82) is 0 Å². The summed E-state index contributed by atoms with van der Waals surface area (Å²) >= 11 is 1.48. The van der Waals surface area contributed by atoms with E-state index in [1.165, 1.54) is 23.4 Å². The highest BCUT2D eigenvalue weighted by Gasteiger charge is 2.17. The van der Waals surface area contributed by atoms with Gasteiger partial charge in [0.15, 0.2) is 11.0 Å². The number of nitro groups is 1. The van der Waals surface area contributed by atoms with Crippen molar-refractivity contribution < 1.29 is 4.92 Å². The molecule has 3 rings (SSSR count). The summed E-state index contributed by atoms with van der Waals surface area (Å²) in [6.45, 7) is 4.96. The van der Waals surface area contributed by atoms with Crippen LogP contribution in [0.2, 0.25) is 0 Å². The first-order valence-corrected chi connectivity index (χ1v) is 9.44. The van der Waals surface area contributed by atoms with Crippen LogP contribution < -0.4 is 0 Å². The van der Waals surface area contributed by atoms with Gasteiger partial charge in [-0.05, 0) is 19.4 Å². The fourth-order valence-electron chi connectivity index (χ4n) is 2.77. The molecule has 0 spiro atoms. The number of para-hydroxylation sites is 1. The Balaban J connectivity index is 1.88. The van der Waals surface area contributed by atoms with Crippen molar-refractivity contribution in [3.63, 3.8) is 0 Å². The Bertz CT molecular complexity index is 923. The maximum absolute atomic E-state index is 11.2. The van der Waals surface area contributed by atoms with Crippen molar-refractivity contribution in [2.45, 2.75) is 37.7 Å².